The maximum Gasteiger partial charge on any atom is 0.266 e. The third-order valence-corrected chi connectivity index (χ3v) is 8.92. The van der Waals surface area contributed by atoms with Crippen molar-refractivity contribution in [2.45, 2.75) is 13.5 Å². The van der Waals surface area contributed by atoms with Crippen LogP contribution in [0.2, 0.25) is 10.0 Å². The van der Waals surface area contributed by atoms with Gasteiger partial charge in [0.2, 0.25) is 0 Å². The van der Waals surface area contributed by atoms with E-state index in [0.29, 0.717) is 38.2 Å². The van der Waals surface area contributed by atoms with Crippen LogP contribution in [0, 0.1) is 3.57 Å². The molecule has 0 atom stereocenters. The molecule has 3 aromatic rings. The highest BCUT2D eigenvalue weighted by molar-refractivity contribution is 14.1. The number of thioether (sulfide) groups is 1. The first kappa shape index (κ1) is 30.0. The highest BCUT2D eigenvalue weighted by Crippen LogP contribution is 2.38. The molecule has 0 saturated carbocycles. The zero-order valence-corrected chi connectivity index (χ0v) is 27.0. The number of hydrogen-bond donors (Lipinski definition) is 0. The van der Waals surface area contributed by atoms with Gasteiger partial charge >= 0.3 is 0 Å². The van der Waals surface area contributed by atoms with E-state index < -0.39 is 0 Å². The number of aliphatic imine (C=N–C) groups is 1. The Hall–Kier alpha value is -2.44. The standard InChI is InChI=1S/C30H28Cl2IN3O4S/c1-3-39-26-15-19(14-25(33)28(26)40-18-20-4-5-21(31)17-24(20)32)16-27-29(37)35(2)30(41-27)34-22-6-8-23(9-7-22)36-10-12-38-13-11-36/h4-9,14-17H,3,10-13,18H2,1-2H3/b27-16-,34-30?. The molecule has 214 valence electrons. The Kier molecular flexibility index (Phi) is 10.0. The van der Waals surface area contributed by atoms with Gasteiger partial charge in [-0.05, 0) is 101 Å². The summed E-state index contributed by atoms with van der Waals surface area (Å²) in [4.78, 5) is 22.3. The molecule has 11 heteroatoms. The van der Waals surface area contributed by atoms with Crippen molar-refractivity contribution in [3.63, 3.8) is 0 Å². The second kappa shape index (κ2) is 13.7. The first-order valence-corrected chi connectivity index (χ1v) is 15.7. The molecular weight excluding hydrogens is 696 g/mol. The van der Waals surface area contributed by atoms with E-state index in [4.69, 9.17) is 42.4 Å². The molecule has 0 unspecified atom stereocenters. The van der Waals surface area contributed by atoms with Crippen LogP contribution in [0.1, 0.15) is 18.1 Å². The lowest BCUT2D eigenvalue weighted by atomic mass is 10.1. The molecule has 0 N–H and O–H groups in total. The predicted molar refractivity (Wildman–Crippen MR) is 176 cm³/mol. The monoisotopic (exact) mass is 723 g/mol. The Morgan fingerprint density at radius 1 is 1.07 bits per heavy atom. The van der Waals surface area contributed by atoms with Crippen LogP contribution in [-0.4, -0.2) is 55.9 Å². The molecule has 0 aliphatic carbocycles. The molecule has 2 saturated heterocycles. The predicted octanol–water partition coefficient (Wildman–Crippen LogP) is 7.65. The van der Waals surface area contributed by atoms with Crippen molar-refractivity contribution < 1.29 is 19.0 Å². The van der Waals surface area contributed by atoms with Crippen molar-refractivity contribution in [3.8, 4) is 11.5 Å². The zero-order chi connectivity index (χ0) is 28.9. The number of carbonyl (C=O) groups excluding carboxylic acids is 1. The number of nitrogens with zero attached hydrogens (tertiary/aromatic N) is 3. The minimum absolute atomic E-state index is 0.107. The second-order valence-corrected chi connectivity index (χ2v) is 12.3. The topological polar surface area (TPSA) is 63.6 Å². The van der Waals surface area contributed by atoms with Gasteiger partial charge in [0.05, 0.1) is 34.0 Å². The van der Waals surface area contributed by atoms with Crippen molar-refractivity contribution in [1.82, 2.24) is 4.90 Å². The summed E-state index contributed by atoms with van der Waals surface area (Å²) in [5, 5.41) is 1.73. The summed E-state index contributed by atoms with van der Waals surface area (Å²) >= 11 is 15.9. The molecule has 0 aromatic heterocycles. The van der Waals surface area contributed by atoms with E-state index in [2.05, 4.69) is 39.6 Å². The van der Waals surface area contributed by atoms with E-state index in [-0.39, 0.29) is 12.5 Å². The van der Waals surface area contributed by atoms with Crippen molar-refractivity contribution in [2.75, 3.05) is 44.9 Å². The van der Waals surface area contributed by atoms with Crippen LogP contribution in [0.25, 0.3) is 6.08 Å². The third-order valence-electron chi connectivity index (χ3n) is 6.47. The highest BCUT2D eigenvalue weighted by Gasteiger charge is 2.30. The molecule has 3 aromatic carbocycles. The summed E-state index contributed by atoms with van der Waals surface area (Å²) < 4.78 is 18.3. The number of rotatable bonds is 8. The van der Waals surface area contributed by atoms with Gasteiger partial charge in [-0.1, -0.05) is 29.3 Å². The van der Waals surface area contributed by atoms with Gasteiger partial charge in [-0.2, -0.15) is 0 Å². The molecule has 2 fully saturated rings. The summed E-state index contributed by atoms with van der Waals surface area (Å²) in [7, 11) is 1.74. The van der Waals surface area contributed by atoms with E-state index in [1.165, 1.54) is 11.8 Å². The lowest BCUT2D eigenvalue weighted by Crippen LogP contribution is -2.36. The number of benzene rings is 3. The van der Waals surface area contributed by atoms with Crippen molar-refractivity contribution in [2.24, 2.45) is 4.99 Å². The molecule has 1 amide bonds. The Balaban J connectivity index is 1.33. The number of carbonyl (C=O) groups is 1. The molecule has 2 heterocycles. The number of amides is 1. The molecule has 7 nitrogen and oxygen atoms in total. The summed E-state index contributed by atoms with van der Waals surface area (Å²) in [6.07, 6.45) is 1.86. The third kappa shape index (κ3) is 7.32. The Morgan fingerprint density at radius 2 is 1.83 bits per heavy atom. The Morgan fingerprint density at radius 3 is 2.54 bits per heavy atom. The molecule has 41 heavy (non-hydrogen) atoms. The maximum absolute atomic E-state index is 13.1. The van der Waals surface area contributed by atoms with Gasteiger partial charge in [-0.3, -0.25) is 9.69 Å². The molecule has 2 aliphatic rings. The molecule has 5 rings (SSSR count). The average molecular weight is 724 g/mol. The van der Waals surface area contributed by atoms with Crippen molar-refractivity contribution in [1.29, 1.82) is 0 Å². The number of ether oxygens (including phenoxy) is 3. The minimum atomic E-state index is -0.107. The SMILES string of the molecule is CCOc1cc(/C=C2\SC(=Nc3ccc(N4CCOCC4)cc3)N(C)C2=O)cc(I)c1OCc1ccc(Cl)cc1Cl. The normalized spacial score (nSPS) is 17.5. The Labute approximate surface area is 267 Å². The summed E-state index contributed by atoms with van der Waals surface area (Å²) in [5.74, 6) is 1.10. The second-order valence-electron chi connectivity index (χ2n) is 9.27. The van der Waals surface area contributed by atoms with Gasteiger partial charge in [0.1, 0.15) is 6.61 Å². The quantitative estimate of drug-likeness (QED) is 0.176. The summed E-state index contributed by atoms with van der Waals surface area (Å²) in [6, 6.07) is 17.2. The number of anilines is 1. The van der Waals surface area contributed by atoms with E-state index in [9.17, 15) is 4.79 Å². The summed E-state index contributed by atoms with van der Waals surface area (Å²) in [5.41, 5.74) is 3.58. The largest absolute Gasteiger partial charge is 0.490 e. The zero-order valence-electron chi connectivity index (χ0n) is 22.5. The van der Waals surface area contributed by atoms with Crippen LogP contribution in [0.3, 0.4) is 0 Å². The van der Waals surface area contributed by atoms with Gasteiger partial charge < -0.3 is 19.1 Å². The number of amidine groups is 1. The number of likely N-dealkylation sites (N-methyl/N-ethyl adjacent to an activating group) is 1. The maximum atomic E-state index is 13.1. The van der Waals surface area contributed by atoms with Crippen LogP contribution in [-0.2, 0) is 16.1 Å². The fraction of sp³-hybridized carbons (Fsp3) is 0.267. The Bertz CT molecular complexity index is 1490. The van der Waals surface area contributed by atoms with E-state index >= 15 is 0 Å². The van der Waals surface area contributed by atoms with E-state index in [1.807, 2.05) is 43.3 Å². The van der Waals surface area contributed by atoms with Crippen molar-refractivity contribution in [3.05, 3.63) is 84.2 Å². The van der Waals surface area contributed by atoms with Crippen LogP contribution in [0.4, 0.5) is 11.4 Å². The van der Waals surface area contributed by atoms with E-state index in [0.717, 1.165) is 52.4 Å². The lowest BCUT2D eigenvalue weighted by molar-refractivity contribution is -0.121. The first-order chi connectivity index (χ1) is 19.8. The van der Waals surface area contributed by atoms with Gasteiger partial charge in [0.25, 0.3) is 5.91 Å². The first-order valence-electron chi connectivity index (χ1n) is 13.0. The number of halogens is 3. The summed E-state index contributed by atoms with van der Waals surface area (Å²) in [6.45, 7) is 5.87. The lowest BCUT2D eigenvalue weighted by Gasteiger charge is -2.28. The number of morpholine rings is 1. The van der Waals surface area contributed by atoms with Crippen LogP contribution in [0.5, 0.6) is 11.5 Å². The molecule has 2 aliphatic heterocycles. The minimum Gasteiger partial charge on any atom is -0.490 e. The fourth-order valence-corrected chi connectivity index (χ4v) is 6.57. The van der Waals surface area contributed by atoms with Crippen molar-refractivity contribution >= 4 is 86.1 Å². The van der Waals surface area contributed by atoms with Crippen LogP contribution < -0.4 is 14.4 Å². The molecular formula is C30H28Cl2IN3O4S. The van der Waals surface area contributed by atoms with Crippen LogP contribution in [0.15, 0.2) is 64.5 Å². The van der Waals surface area contributed by atoms with E-state index in [1.54, 1.807) is 24.1 Å². The number of hydrogen-bond acceptors (Lipinski definition) is 7. The molecule has 0 radical (unpaired) electrons. The fourth-order valence-electron chi connectivity index (χ4n) is 4.34. The van der Waals surface area contributed by atoms with Gasteiger partial charge in [0, 0.05) is 41.4 Å². The average Bonchev–Trinajstić information content (AvgIpc) is 3.22. The molecule has 0 bridgehead atoms. The van der Waals surface area contributed by atoms with Gasteiger partial charge in [-0.15, -0.1) is 0 Å². The van der Waals surface area contributed by atoms with Gasteiger partial charge in [-0.25, -0.2) is 4.99 Å². The molecule has 0 spiro atoms. The van der Waals surface area contributed by atoms with Gasteiger partial charge in [0.15, 0.2) is 16.7 Å². The van der Waals surface area contributed by atoms with Crippen LogP contribution >= 0.6 is 57.6 Å². The smallest absolute Gasteiger partial charge is 0.266 e. The highest BCUT2D eigenvalue weighted by atomic mass is 127.